The van der Waals surface area contributed by atoms with Crippen molar-refractivity contribution in [3.63, 3.8) is 0 Å². The first-order valence-corrected chi connectivity index (χ1v) is 5.36. The average molecular weight is 221 g/mol. The fraction of sp³-hybridized carbons (Fsp3) is 0.222. The van der Waals surface area contributed by atoms with Crippen molar-refractivity contribution in [1.82, 2.24) is 15.3 Å². The van der Waals surface area contributed by atoms with E-state index >= 15 is 0 Å². The molecule has 0 unspecified atom stereocenters. The number of hydrogen-bond donors (Lipinski definition) is 2. The van der Waals surface area contributed by atoms with Crippen LogP contribution in [0.1, 0.15) is 15.2 Å². The molecule has 0 saturated heterocycles. The largest absolute Gasteiger partial charge is 0.351 e. The Morgan fingerprint density at radius 1 is 1.40 bits per heavy atom. The number of amides is 1. The molecule has 1 aliphatic rings. The predicted molar refractivity (Wildman–Crippen MR) is 56.3 cm³/mol. The Kier molecular flexibility index (Phi) is 1.66. The van der Waals surface area contributed by atoms with E-state index in [0.717, 1.165) is 5.56 Å². The molecule has 5 nitrogen and oxygen atoms in total. The molecule has 1 amide bonds. The summed E-state index contributed by atoms with van der Waals surface area (Å²) in [6, 6.07) is 0. The molecule has 2 aromatic rings. The molecule has 0 aliphatic carbocycles. The van der Waals surface area contributed by atoms with Gasteiger partial charge < -0.3 is 10.3 Å². The third kappa shape index (κ3) is 1.11. The van der Waals surface area contributed by atoms with E-state index < -0.39 is 0 Å². The summed E-state index contributed by atoms with van der Waals surface area (Å²) in [6.07, 6.45) is 2.07. The highest BCUT2D eigenvalue weighted by molar-refractivity contribution is 7.20. The first-order chi connectivity index (χ1) is 7.27. The maximum absolute atomic E-state index is 11.6. The number of aromatic nitrogens is 2. The van der Waals surface area contributed by atoms with Gasteiger partial charge in [0.25, 0.3) is 11.5 Å². The van der Waals surface area contributed by atoms with E-state index in [4.69, 9.17) is 0 Å². The van der Waals surface area contributed by atoms with Gasteiger partial charge in [-0.05, 0) is 12.0 Å². The topological polar surface area (TPSA) is 74.8 Å². The number of rotatable bonds is 0. The van der Waals surface area contributed by atoms with Crippen molar-refractivity contribution >= 4 is 27.5 Å². The van der Waals surface area contributed by atoms with Crippen molar-refractivity contribution in [1.29, 1.82) is 0 Å². The molecule has 0 radical (unpaired) electrons. The summed E-state index contributed by atoms with van der Waals surface area (Å²) in [4.78, 5) is 31.0. The van der Waals surface area contributed by atoms with Crippen molar-refractivity contribution in [3.05, 3.63) is 27.1 Å². The Morgan fingerprint density at radius 3 is 3.13 bits per heavy atom. The first kappa shape index (κ1) is 8.60. The zero-order chi connectivity index (χ0) is 10.4. The van der Waals surface area contributed by atoms with Gasteiger partial charge in [-0.1, -0.05) is 0 Å². The number of H-pyrrole nitrogens is 1. The molecule has 0 spiro atoms. The van der Waals surface area contributed by atoms with Gasteiger partial charge in [0.2, 0.25) is 0 Å². The quantitative estimate of drug-likeness (QED) is 0.670. The summed E-state index contributed by atoms with van der Waals surface area (Å²) >= 11 is 1.28. The summed E-state index contributed by atoms with van der Waals surface area (Å²) in [5, 5.41) is 3.33. The van der Waals surface area contributed by atoms with Crippen LogP contribution in [-0.2, 0) is 6.42 Å². The molecule has 0 atom stereocenters. The minimum absolute atomic E-state index is 0.0985. The van der Waals surface area contributed by atoms with E-state index in [1.165, 1.54) is 17.7 Å². The molecule has 3 rings (SSSR count). The number of aromatic amines is 1. The van der Waals surface area contributed by atoms with E-state index in [-0.39, 0.29) is 11.5 Å². The van der Waals surface area contributed by atoms with Gasteiger partial charge in [-0.15, -0.1) is 11.3 Å². The van der Waals surface area contributed by atoms with Crippen LogP contribution in [-0.4, -0.2) is 22.4 Å². The molecule has 0 saturated carbocycles. The molecule has 0 aromatic carbocycles. The Balaban J connectivity index is 2.47. The summed E-state index contributed by atoms with van der Waals surface area (Å²) < 4.78 is 0. The Bertz CT molecular complexity index is 613. The van der Waals surface area contributed by atoms with Crippen LogP contribution in [0.15, 0.2) is 11.1 Å². The standard InChI is InChI=1S/C9H7N3O2S/c13-7-5-4-1-2-10-8(14)6(4)15-9(5)12-3-11-7/h3H,1-2H2,(H,10,14)(H,11,12,13). The fourth-order valence-corrected chi connectivity index (χ4v) is 2.91. The molecular weight excluding hydrogens is 214 g/mol. The lowest BCUT2D eigenvalue weighted by atomic mass is 10.1. The lowest BCUT2D eigenvalue weighted by molar-refractivity contribution is 0.0951. The summed E-state index contributed by atoms with van der Waals surface area (Å²) in [6.45, 7) is 0.589. The summed E-state index contributed by atoms with van der Waals surface area (Å²) in [7, 11) is 0. The second-order valence-electron chi connectivity index (χ2n) is 3.33. The second kappa shape index (κ2) is 2.90. The molecule has 2 aromatic heterocycles. The Morgan fingerprint density at radius 2 is 2.27 bits per heavy atom. The zero-order valence-electron chi connectivity index (χ0n) is 7.66. The van der Waals surface area contributed by atoms with Gasteiger partial charge in [-0.25, -0.2) is 4.98 Å². The molecule has 2 N–H and O–H groups in total. The van der Waals surface area contributed by atoms with Crippen molar-refractivity contribution in [2.75, 3.05) is 6.54 Å². The van der Waals surface area contributed by atoms with Crippen LogP contribution >= 0.6 is 11.3 Å². The highest BCUT2D eigenvalue weighted by Gasteiger charge is 2.23. The van der Waals surface area contributed by atoms with Gasteiger partial charge in [-0.2, -0.15) is 0 Å². The molecule has 0 fully saturated rings. The number of hydrogen-bond acceptors (Lipinski definition) is 4. The van der Waals surface area contributed by atoms with Gasteiger partial charge in [-0.3, -0.25) is 9.59 Å². The highest BCUT2D eigenvalue weighted by Crippen LogP contribution is 2.29. The van der Waals surface area contributed by atoms with Gasteiger partial charge >= 0.3 is 0 Å². The van der Waals surface area contributed by atoms with Crippen molar-refractivity contribution in [2.24, 2.45) is 0 Å². The van der Waals surface area contributed by atoms with E-state index in [2.05, 4.69) is 15.3 Å². The van der Waals surface area contributed by atoms with Gasteiger partial charge in [0.05, 0.1) is 16.6 Å². The lowest BCUT2D eigenvalue weighted by Gasteiger charge is -2.11. The number of nitrogens with one attached hydrogen (secondary N) is 2. The average Bonchev–Trinajstić information content (AvgIpc) is 2.59. The zero-order valence-corrected chi connectivity index (χ0v) is 8.48. The monoisotopic (exact) mass is 221 g/mol. The summed E-state index contributed by atoms with van der Waals surface area (Å²) in [5.74, 6) is -0.0985. The number of thiophene rings is 1. The second-order valence-corrected chi connectivity index (χ2v) is 4.33. The molecule has 0 bridgehead atoms. The van der Waals surface area contributed by atoms with Crippen LogP contribution in [0.3, 0.4) is 0 Å². The SMILES string of the molecule is O=C1NCCc2c1sc1nc[nH]c(=O)c21. The van der Waals surface area contributed by atoms with Crippen molar-refractivity contribution in [2.45, 2.75) is 6.42 Å². The highest BCUT2D eigenvalue weighted by atomic mass is 32.1. The number of nitrogens with zero attached hydrogens (tertiary/aromatic N) is 1. The van der Waals surface area contributed by atoms with E-state index in [1.807, 2.05) is 0 Å². The van der Waals surface area contributed by atoms with E-state index in [0.29, 0.717) is 28.1 Å². The molecule has 3 heterocycles. The van der Waals surface area contributed by atoms with Crippen LogP contribution in [0.4, 0.5) is 0 Å². The Labute approximate surface area is 88.2 Å². The molecule has 1 aliphatic heterocycles. The van der Waals surface area contributed by atoms with Crippen LogP contribution in [0.25, 0.3) is 10.2 Å². The third-order valence-electron chi connectivity index (χ3n) is 2.46. The lowest BCUT2D eigenvalue weighted by Crippen LogP contribution is -2.30. The van der Waals surface area contributed by atoms with Crippen LogP contribution < -0.4 is 10.9 Å². The Hall–Kier alpha value is -1.69. The van der Waals surface area contributed by atoms with Gasteiger partial charge in [0.15, 0.2) is 0 Å². The minimum Gasteiger partial charge on any atom is -0.351 e. The normalized spacial score (nSPS) is 15.1. The molecular formula is C9H7N3O2S. The smallest absolute Gasteiger partial charge is 0.261 e. The van der Waals surface area contributed by atoms with Crippen molar-refractivity contribution in [3.8, 4) is 0 Å². The molecule has 6 heteroatoms. The van der Waals surface area contributed by atoms with Crippen LogP contribution in [0, 0.1) is 0 Å². The van der Waals surface area contributed by atoms with Crippen LogP contribution in [0.5, 0.6) is 0 Å². The number of carbonyl (C=O) groups is 1. The third-order valence-corrected chi connectivity index (χ3v) is 3.60. The van der Waals surface area contributed by atoms with Gasteiger partial charge in [0.1, 0.15) is 4.83 Å². The maximum Gasteiger partial charge on any atom is 0.261 e. The fourth-order valence-electron chi connectivity index (χ4n) is 1.80. The van der Waals surface area contributed by atoms with E-state index in [9.17, 15) is 9.59 Å². The number of carbonyl (C=O) groups excluding carboxylic acids is 1. The minimum atomic E-state index is -0.160. The molecule has 76 valence electrons. The van der Waals surface area contributed by atoms with E-state index in [1.54, 1.807) is 0 Å². The maximum atomic E-state index is 11.6. The summed E-state index contributed by atoms with van der Waals surface area (Å²) in [5.41, 5.74) is 0.681. The predicted octanol–water partition coefficient (Wildman–Crippen LogP) is 0.271. The van der Waals surface area contributed by atoms with Crippen molar-refractivity contribution < 1.29 is 4.79 Å². The number of fused-ring (bicyclic) bond motifs is 3. The van der Waals surface area contributed by atoms with Gasteiger partial charge in [0, 0.05) is 6.54 Å². The van der Waals surface area contributed by atoms with Crippen LogP contribution in [0.2, 0.25) is 0 Å². The molecule has 15 heavy (non-hydrogen) atoms. The first-order valence-electron chi connectivity index (χ1n) is 4.54.